The average Bonchev–Trinajstić information content (AvgIpc) is 3.19. The lowest BCUT2D eigenvalue weighted by Crippen LogP contribution is -2.31. The Bertz CT molecular complexity index is 447. The van der Waals surface area contributed by atoms with Crippen LogP contribution in [0.4, 0.5) is 11.6 Å². The van der Waals surface area contributed by atoms with Crippen LogP contribution in [-0.2, 0) is 11.2 Å². The second kappa shape index (κ2) is 5.33. The molecular formula is C14H22N4O. The Hall–Kier alpha value is -1.36. The van der Waals surface area contributed by atoms with Gasteiger partial charge >= 0.3 is 0 Å². The molecule has 2 aliphatic rings. The molecule has 1 aliphatic carbocycles. The molecule has 5 heteroatoms. The molecule has 2 atom stereocenters. The highest BCUT2D eigenvalue weighted by atomic mass is 16.5. The molecule has 0 aromatic carbocycles. The maximum Gasteiger partial charge on any atom is 0.135 e. The fourth-order valence-electron chi connectivity index (χ4n) is 2.92. The van der Waals surface area contributed by atoms with Crippen LogP contribution >= 0.6 is 0 Å². The van der Waals surface area contributed by atoms with E-state index in [0.29, 0.717) is 12.1 Å². The van der Waals surface area contributed by atoms with Crippen LogP contribution in [0.25, 0.3) is 0 Å². The van der Waals surface area contributed by atoms with Gasteiger partial charge in [0.2, 0.25) is 0 Å². The maximum absolute atomic E-state index is 5.87. The first-order valence-corrected chi connectivity index (χ1v) is 7.23. The van der Waals surface area contributed by atoms with Crippen molar-refractivity contribution < 1.29 is 4.74 Å². The van der Waals surface area contributed by atoms with Gasteiger partial charge in [-0.3, -0.25) is 0 Å². The number of hydrogen-bond donors (Lipinski definition) is 2. The van der Waals surface area contributed by atoms with E-state index in [-0.39, 0.29) is 0 Å². The SMILES string of the molecule is CCc1c(NC)ncnc1NC1CCOC1C1CC1. The van der Waals surface area contributed by atoms with Crippen LogP contribution in [0.5, 0.6) is 0 Å². The van der Waals surface area contributed by atoms with Crippen molar-refractivity contribution in [3.8, 4) is 0 Å². The number of ether oxygens (including phenoxy) is 1. The zero-order valence-corrected chi connectivity index (χ0v) is 11.6. The maximum atomic E-state index is 5.87. The molecule has 1 saturated heterocycles. The van der Waals surface area contributed by atoms with E-state index in [4.69, 9.17) is 4.74 Å². The molecule has 2 unspecified atom stereocenters. The van der Waals surface area contributed by atoms with Crippen LogP contribution in [0.3, 0.4) is 0 Å². The second-order valence-corrected chi connectivity index (χ2v) is 5.37. The lowest BCUT2D eigenvalue weighted by molar-refractivity contribution is 0.0898. The molecule has 19 heavy (non-hydrogen) atoms. The molecule has 2 fully saturated rings. The molecule has 1 saturated carbocycles. The van der Waals surface area contributed by atoms with Gasteiger partial charge in [0.15, 0.2) is 0 Å². The lowest BCUT2D eigenvalue weighted by Gasteiger charge is -2.22. The molecule has 1 aromatic rings. The van der Waals surface area contributed by atoms with E-state index in [2.05, 4.69) is 27.5 Å². The van der Waals surface area contributed by atoms with Crippen molar-refractivity contribution in [2.75, 3.05) is 24.3 Å². The normalized spacial score (nSPS) is 26.4. The van der Waals surface area contributed by atoms with Gasteiger partial charge in [0.25, 0.3) is 0 Å². The molecular weight excluding hydrogens is 240 g/mol. The number of nitrogens with zero attached hydrogens (tertiary/aromatic N) is 2. The first kappa shape index (κ1) is 12.7. The van der Waals surface area contributed by atoms with E-state index in [1.807, 2.05) is 7.05 Å². The first-order chi connectivity index (χ1) is 9.33. The predicted molar refractivity (Wildman–Crippen MR) is 75.4 cm³/mol. The number of anilines is 2. The van der Waals surface area contributed by atoms with Crippen LogP contribution in [-0.4, -0.2) is 35.8 Å². The second-order valence-electron chi connectivity index (χ2n) is 5.37. The Morgan fingerprint density at radius 2 is 2.05 bits per heavy atom. The predicted octanol–water partition coefficient (Wildman–Crippen LogP) is 2.06. The summed E-state index contributed by atoms with van der Waals surface area (Å²) in [6.07, 6.45) is 6.61. The summed E-state index contributed by atoms with van der Waals surface area (Å²) in [5.74, 6) is 2.64. The Labute approximate surface area is 114 Å². The number of nitrogens with one attached hydrogen (secondary N) is 2. The fraction of sp³-hybridized carbons (Fsp3) is 0.714. The van der Waals surface area contributed by atoms with Crippen LogP contribution in [0, 0.1) is 5.92 Å². The van der Waals surface area contributed by atoms with Gasteiger partial charge in [0, 0.05) is 19.2 Å². The van der Waals surface area contributed by atoms with Crippen LogP contribution in [0.1, 0.15) is 31.7 Å². The molecule has 104 valence electrons. The van der Waals surface area contributed by atoms with Crippen LogP contribution < -0.4 is 10.6 Å². The molecule has 2 N–H and O–H groups in total. The number of rotatable bonds is 5. The standard InChI is InChI=1S/C14H22N4O/c1-3-10-13(15-2)16-8-17-14(10)18-11-6-7-19-12(11)9-4-5-9/h8-9,11-12H,3-7H2,1-2H3,(H2,15,16,17,18). The van der Waals surface area contributed by atoms with Gasteiger partial charge in [-0.25, -0.2) is 9.97 Å². The Morgan fingerprint density at radius 3 is 2.74 bits per heavy atom. The minimum absolute atomic E-state index is 0.373. The molecule has 5 nitrogen and oxygen atoms in total. The zero-order valence-electron chi connectivity index (χ0n) is 11.6. The van der Waals surface area contributed by atoms with E-state index in [1.165, 1.54) is 12.8 Å². The van der Waals surface area contributed by atoms with Crippen molar-refractivity contribution in [3.63, 3.8) is 0 Å². The van der Waals surface area contributed by atoms with Gasteiger partial charge < -0.3 is 15.4 Å². The molecule has 0 spiro atoms. The molecule has 0 bridgehead atoms. The number of aromatic nitrogens is 2. The van der Waals surface area contributed by atoms with Gasteiger partial charge in [-0.15, -0.1) is 0 Å². The van der Waals surface area contributed by atoms with Crippen LogP contribution in [0.15, 0.2) is 6.33 Å². The van der Waals surface area contributed by atoms with Crippen molar-refractivity contribution in [1.82, 2.24) is 9.97 Å². The Balaban J connectivity index is 1.78. The summed E-state index contributed by atoms with van der Waals surface area (Å²) in [6, 6.07) is 0.400. The fourth-order valence-corrected chi connectivity index (χ4v) is 2.92. The molecule has 1 aromatic heterocycles. The van der Waals surface area contributed by atoms with E-state index in [9.17, 15) is 0 Å². The summed E-state index contributed by atoms with van der Waals surface area (Å²) < 4.78 is 5.87. The quantitative estimate of drug-likeness (QED) is 0.850. The summed E-state index contributed by atoms with van der Waals surface area (Å²) in [6.45, 7) is 3.00. The van der Waals surface area contributed by atoms with Crippen molar-refractivity contribution in [1.29, 1.82) is 0 Å². The van der Waals surface area contributed by atoms with Crippen LogP contribution in [0.2, 0.25) is 0 Å². The minimum atomic E-state index is 0.373. The first-order valence-electron chi connectivity index (χ1n) is 7.23. The van der Waals surface area contributed by atoms with E-state index >= 15 is 0 Å². The van der Waals surface area contributed by atoms with Gasteiger partial charge in [-0.05, 0) is 31.6 Å². The summed E-state index contributed by atoms with van der Waals surface area (Å²) in [7, 11) is 1.90. The van der Waals surface area contributed by atoms with Gasteiger partial charge in [0.05, 0.1) is 12.1 Å². The average molecular weight is 262 g/mol. The van der Waals surface area contributed by atoms with E-state index < -0.39 is 0 Å². The lowest BCUT2D eigenvalue weighted by atomic mass is 10.1. The topological polar surface area (TPSA) is 59.1 Å². The van der Waals surface area contributed by atoms with Gasteiger partial charge in [0.1, 0.15) is 18.0 Å². The van der Waals surface area contributed by atoms with E-state index in [1.54, 1.807) is 6.33 Å². The Morgan fingerprint density at radius 1 is 1.26 bits per heavy atom. The largest absolute Gasteiger partial charge is 0.376 e. The highest BCUT2D eigenvalue weighted by Gasteiger charge is 2.40. The molecule has 0 amide bonds. The third kappa shape index (κ3) is 2.52. The molecule has 1 aliphatic heterocycles. The van der Waals surface area contributed by atoms with Crippen molar-refractivity contribution in [2.24, 2.45) is 5.92 Å². The highest BCUT2D eigenvalue weighted by Crippen LogP contribution is 2.39. The Kier molecular flexibility index (Phi) is 3.55. The molecule has 3 rings (SSSR count). The molecule has 2 heterocycles. The third-order valence-electron chi connectivity index (χ3n) is 4.08. The third-order valence-corrected chi connectivity index (χ3v) is 4.08. The summed E-state index contributed by atoms with van der Waals surface area (Å²) in [5.41, 5.74) is 1.16. The zero-order chi connectivity index (χ0) is 13.2. The minimum Gasteiger partial charge on any atom is -0.376 e. The van der Waals surface area contributed by atoms with Gasteiger partial charge in [-0.2, -0.15) is 0 Å². The molecule has 0 radical (unpaired) electrons. The number of hydrogen-bond acceptors (Lipinski definition) is 5. The summed E-state index contributed by atoms with van der Waals surface area (Å²) in [4.78, 5) is 8.69. The monoisotopic (exact) mass is 262 g/mol. The highest BCUT2D eigenvalue weighted by molar-refractivity contribution is 5.57. The summed E-state index contributed by atoms with van der Waals surface area (Å²) >= 11 is 0. The smallest absolute Gasteiger partial charge is 0.135 e. The van der Waals surface area contributed by atoms with Crippen molar-refractivity contribution in [2.45, 2.75) is 44.8 Å². The van der Waals surface area contributed by atoms with Crippen molar-refractivity contribution >= 4 is 11.6 Å². The van der Waals surface area contributed by atoms with E-state index in [0.717, 1.165) is 42.6 Å². The summed E-state index contributed by atoms with van der Waals surface area (Å²) in [5, 5.41) is 6.73. The van der Waals surface area contributed by atoms with Gasteiger partial charge in [-0.1, -0.05) is 6.92 Å². The van der Waals surface area contributed by atoms with Crippen molar-refractivity contribution in [3.05, 3.63) is 11.9 Å².